The number of hydrogen-bond acceptors (Lipinski definition) is 4. The van der Waals surface area contributed by atoms with Crippen molar-refractivity contribution in [3.05, 3.63) is 35.2 Å². The first-order valence-corrected chi connectivity index (χ1v) is 7.14. The molecule has 2 rings (SSSR count). The average Bonchev–Trinajstić information content (AvgIpc) is 2.57. The summed E-state index contributed by atoms with van der Waals surface area (Å²) in [5.74, 6) is -0.422. The van der Waals surface area contributed by atoms with Crippen molar-refractivity contribution in [2.24, 2.45) is 0 Å². The summed E-state index contributed by atoms with van der Waals surface area (Å²) in [6, 6.07) is 3.40. The molecule has 0 amide bonds. The van der Waals surface area contributed by atoms with Crippen LogP contribution in [-0.4, -0.2) is 35.3 Å². The summed E-state index contributed by atoms with van der Waals surface area (Å²) in [5.41, 5.74) is 1.09. The molecule has 2 aromatic heterocycles. The molecule has 0 saturated heterocycles. The molecule has 0 fully saturated rings. The number of pyridine rings is 1. The van der Waals surface area contributed by atoms with Gasteiger partial charge in [0.15, 0.2) is 9.84 Å². The van der Waals surface area contributed by atoms with Crippen molar-refractivity contribution in [1.82, 2.24) is 9.38 Å². The van der Waals surface area contributed by atoms with Gasteiger partial charge in [-0.15, -0.1) is 0 Å². The zero-order valence-corrected chi connectivity index (χ0v) is 10.4. The molecule has 0 aliphatic heterocycles. The third kappa shape index (κ3) is 2.96. The lowest BCUT2D eigenvalue weighted by atomic mass is 10.5. The number of nitrogens with zero attached hydrogens (tertiary/aromatic N) is 2. The van der Waals surface area contributed by atoms with Gasteiger partial charge in [0.2, 0.25) is 0 Å². The molecule has 0 aromatic carbocycles. The van der Waals surface area contributed by atoms with Crippen LogP contribution < -0.4 is 0 Å². The Morgan fingerprint density at radius 2 is 2.12 bits per heavy atom. The quantitative estimate of drug-likeness (QED) is 0.899. The van der Waals surface area contributed by atoms with Crippen LogP contribution in [0.2, 0.25) is 5.02 Å². The standard InChI is InChI=1S/C10H11ClN2O3S/c11-8-1-2-10-12-9(6-13(10)5-8)7-17(15,16)4-3-14/h1-2,5-6,14H,3-4,7H2. The van der Waals surface area contributed by atoms with E-state index in [-0.39, 0.29) is 18.1 Å². The summed E-state index contributed by atoms with van der Waals surface area (Å²) in [7, 11) is -3.30. The van der Waals surface area contributed by atoms with Gasteiger partial charge in [-0.2, -0.15) is 0 Å². The Hall–Kier alpha value is -1.11. The first kappa shape index (κ1) is 12.3. The maximum absolute atomic E-state index is 11.5. The van der Waals surface area contributed by atoms with Crippen LogP contribution in [0.4, 0.5) is 0 Å². The van der Waals surface area contributed by atoms with Crippen LogP contribution in [0.5, 0.6) is 0 Å². The molecular weight excluding hydrogens is 264 g/mol. The van der Waals surface area contributed by atoms with Gasteiger partial charge in [-0.25, -0.2) is 13.4 Å². The number of rotatable bonds is 4. The molecule has 0 aliphatic carbocycles. The van der Waals surface area contributed by atoms with E-state index in [1.54, 1.807) is 28.9 Å². The van der Waals surface area contributed by atoms with E-state index >= 15 is 0 Å². The molecule has 7 heteroatoms. The van der Waals surface area contributed by atoms with Crippen molar-refractivity contribution in [3.63, 3.8) is 0 Å². The van der Waals surface area contributed by atoms with E-state index in [0.717, 1.165) is 0 Å². The fourth-order valence-electron chi connectivity index (χ4n) is 1.52. The molecule has 92 valence electrons. The highest BCUT2D eigenvalue weighted by molar-refractivity contribution is 7.90. The van der Waals surface area contributed by atoms with Crippen molar-refractivity contribution >= 4 is 27.1 Å². The van der Waals surface area contributed by atoms with Crippen molar-refractivity contribution in [3.8, 4) is 0 Å². The van der Waals surface area contributed by atoms with Gasteiger partial charge in [0.25, 0.3) is 0 Å². The van der Waals surface area contributed by atoms with Crippen molar-refractivity contribution in [2.75, 3.05) is 12.4 Å². The monoisotopic (exact) mass is 274 g/mol. The Kier molecular flexibility index (Phi) is 3.37. The van der Waals surface area contributed by atoms with Crippen LogP contribution in [0.15, 0.2) is 24.5 Å². The predicted octanol–water partition coefficient (Wildman–Crippen LogP) is 0.895. The van der Waals surface area contributed by atoms with Crippen molar-refractivity contribution < 1.29 is 13.5 Å². The zero-order chi connectivity index (χ0) is 12.5. The maximum atomic E-state index is 11.5. The van der Waals surface area contributed by atoms with E-state index in [2.05, 4.69) is 4.98 Å². The summed E-state index contributed by atoms with van der Waals surface area (Å²) in [4.78, 5) is 4.16. The molecule has 5 nitrogen and oxygen atoms in total. The van der Waals surface area contributed by atoms with E-state index in [1.807, 2.05) is 0 Å². The molecule has 0 bridgehead atoms. The second-order valence-electron chi connectivity index (χ2n) is 3.66. The SMILES string of the molecule is O=S(=O)(CCO)Cc1cn2cc(Cl)ccc2n1. The summed E-state index contributed by atoms with van der Waals surface area (Å²) >= 11 is 5.81. The van der Waals surface area contributed by atoms with Gasteiger partial charge in [0, 0.05) is 12.4 Å². The molecule has 0 radical (unpaired) electrons. The number of halogens is 1. The molecule has 0 saturated carbocycles. The van der Waals surface area contributed by atoms with E-state index in [9.17, 15) is 8.42 Å². The third-order valence-electron chi connectivity index (χ3n) is 2.23. The summed E-state index contributed by atoms with van der Waals surface area (Å²) in [6.07, 6.45) is 3.28. The van der Waals surface area contributed by atoms with Crippen LogP contribution in [0.25, 0.3) is 5.65 Å². The third-order valence-corrected chi connectivity index (χ3v) is 4.00. The maximum Gasteiger partial charge on any atom is 0.158 e. The van der Waals surface area contributed by atoms with Crippen molar-refractivity contribution in [1.29, 1.82) is 0 Å². The average molecular weight is 275 g/mol. The molecule has 0 aliphatic rings. The Balaban J connectivity index is 2.31. The number of aromatic nitrogens is 2. The first-order chi connectivity index (χ1) is 8.00. The van der Waals surface area contributed by atoms with E-state index in [0.29, 0.717) is 16.4 Å². The molecule has 0 atom stereocenters. The Morgan fingerprint density at radius 3 is 2.82 bits per heavy atom. The minimum atomic E-state index is -3.30. The first-order valence-electron chi connectivity index (χ1n) is 4.94. The van der Waals surface area contributed by atoms with Crippen LogP contribution in [-0.2, 0) is 15.6 Å². The highest BCUT2D eigenvalue weighted by atomic mass is 35.5. The molecule has 0 unspecified atom stereocenters. The summed E-state index contributed by atoms with van der Waals surface area (Å²) < 4.78 is 24.7. The van der Waals surface area contributed by atoms with Gasteiger partial charge in [-0.05, 0) is 12.1 Å². The zero-order valence-electron chi connectivity index (χ0n) is 8.88. The molecule has 0 spiro atoms. The predicted molar refractivity (Wildman–Crippen MR) is 64.8 cm³/mol. The molecule has 1 N–H and O–H groups in total. The minimum absolute atomic E-state index is 0.174. The summed E-state index contributed by atoms with van der Waals surface area (Å²) in [5, 5.41) is 9.19. The van der Waals surface area contributed by atoms with Crippen LogP contribution in [0.1, 0.15) is 5.69 Å². The van der Waals surface area contributed by atoms with Gasteiger partial charge in [0.1, 0.15) is 5.65 Å². The van der Waals surface area contributed by atoms with Crippen LogP contribution in [0, 0.1) is 0 Å². The fraction of sp³-hybridized carbons (Fsp3) is 0.300. The number of aliphatic hydroxyl groups excluding tert-OH is 1. The number of fused-ring (bicyclic) bond motifs is 1. The van der Waals surface area contributed by atoms with E-state index in [4.69, 9.17) is 16.7 Å². The highest BCUT2D eigenvalue weighted by Gasteiger charge is 2.13. The number of sulfone groups is 1. The van der Waals surface area contributed by atoms with Gasteiger partial charge >= 0.3 is 0 Å². The lowest BCUT2D eigenvalue weighted by molar-refractivity contribution is 0.319. The van der Waals surface area contributed by atoms with Crippen molar-refractivity contribution in [2.45, 2.75) is 5.75 Å². The Labute approximate surface area is 104 Å². The van der Waals surface area contributed by atoms with Crippen LogP contribution in [0.3, 0.4) is 0 Å². The minimum Gasteiger partial charge on any atom is -0.395 e. The van der Waals surface area contributed by atoms with Gasteiger partial charge in [-0.3, -0.25) is 0 Å². The number of aliphatic hydroxyl groups is 1. The normalized spacial score (nSPS) is 12.1. The Bertz CT molecular complexity index is 636. The van der Waals surface area contributed by atoms with E-state index < -0.39 is 9.84 Å². The topological polar surface area (TPSA) is 71.7 Å². The van der Waals surface area contributed by atoms with Gasteiger partial charge in [0.05, 0.1) is 28.8 Å². The van der Waals surface area contributed by atoms with Crippen LogP contribution >= 0.6 is 11.6 Å². The second kappa shape index (κ2) is 4.64. The fourth-order valence-corrected chi connectivity index (χ4v) is 2.70. The summed E-state index contributed by atoms with van der Waals surface area (Å²) in [6.45, 7) is -0.373. The number of hydrogen-bond donors (Lipinski definition) is 1. The van der Waals surface area contributed by atoms with Gasteiger partial charge < -0.3 is 9.51 Å². The molecule has 2 heterocycles. The molecule has 2 aromatic rings. The van der Waals surface area contributed by atoms with Gasteiger partial charge in [-0.1, -0.05) is 11.6 Å². The molecular formula is C10H11ClN2O3S. The number of imidazole rings is 1. The second-order valence-corrected chi connectivity index (χ2v) is 6.28. The lowest BCUT2D eigenvalue weighted by Crippen LogP contribution is -2.12. The molecule has 17 heavy (non-hydrogen) atoms. The van der Waals surface area contributed by atoms with E-state index in [1.165, 1.54) is 0 Å². The smallest absolute Gasteiger partial charge is 0.158 e. The largest absolute Gasteiger partial charge is 0.395 e. The highest BCUT2D eigenvalue weighted by Crippen LogP contribution is 2.13. The lowest BCUT2D eigenvalue weighted by Gasteiger charge is -1.97. The Morgan fingerprint density at radius 1 is 1.35 bits per heavy atom.